The molecular formula is C16H34N4O2S. The van der Waals surface area contributed by atoms with E-state index in [9.17, 15) is 8.42 Å². The van der Waals surface area contributed by atoms with E-state index in [2.05, 4.69) is 20.5 Å². The number of piperidine rings is 1. The van der Waals surface area contributed by atoms with Crippen molar-refractivity contribution in [2.45, 2.75) is 51.7 Å². The van der Waals surface area contributed by atoms with Crippen molar-refractivity contribution < 1.29 is 8.42 Å². The van der Waals surface area contributed by atoms with Gasteiger partial charge < -0.3 is 15.5 Å². The average molecular weight is 347 g/mol. The number of nitrogens with one attached hydrogen (secondary N) is 2. The maximum Gasteiger partial charge on any atom is 0.191 e. The van der Waals surface area contributed by atoms with Gasteiger partial charge in [0.05, 0.1) is 17.0 Å². The molecule has 0 bridgehead atoms. The van der Waals surface area contributed by atoms with Gasteiger partial charge in [0.25, 0.3) is 0 Å². The van der Waals surface area contributed by atoms with Crippen molar-refractivity contribution >= 4 is 15.8 Å². The second-order valence-electron chi connectivity index (χ2n) is 7.02. The van der Waals surface area contributed by atoms with Crippen LogP contribution in [-0.4, -0.2) is 69.0 Å². The number of guanidine groups is 1. The number of likely N-dealkylation sites (tertiary alicyclic amines) is 1. The van der Waals surface area contributed by atoms with Crippen LogP contribution in [0, 0.1) is 0 Å². The molecule has 0 saturated carbocycles. The Morgan fingerprint density at radius 3 is 2.35 bits per heavy atom. The highest BCUT2D eigenvalue weighted by atomic mass is 32.2. The summed E-state index contributed by atoms with van der Waals surface area (Å²) in [5.74, 6) is 0.821. The summed E-state index contributed by atoms with van der Waals surface area (Å²) in [7, 11) is -3.10. The molecule has 0 amide bonds. The third-order valence-corrected chi connectivity index (χ3v) is 6.68. The van der Waals surface area contributed by atoms with Crippen molar-refractivity contribution in [3.05, 3.63) is 0 Å². The van der Waals surface area contributed by atoms with E-state index in [-0.39, 0.29) is 5.75 Å². The predicted octanol–water partition coefficient (Wildman–Crippen LogP) is 1.24. The minimum Gasteiger partial charge on any atom is -0.357 e. The zero-order valence-electron chi connectivity index (χ0n) is 15.2. The molecular weight excluding hydrogens is 312 g/mol. The Morgan fingerprint density at radius 1 is 1.13 bits per heavy atom. The van der Waals surface area contributed by atoms with Gasteiger partial charge in [0.1, 0.15) is 0 Å². The summed E-state index contributed by atoms with van der Waals surface area (Å²) in [5.41, 5.74) is 0. The molecule has 0 atom stereocenters. The van der Waals surface area contributed by atoms with E-state index >= 15 is 0 Å². The molecule has 0 radical (unpaired) electrons. The van der Waals surface area contributed by atoms with Gasteiger partial charge in [-0.1, -0.05) is 6.42 Å². The van der Waals surface area contributed by atoms with Crippen LogP contribution in [-0.2, 0) is 9.84 Å². The maximum atomic E-state index is 12.1. The van der Waals surface area contributed by atoms with E-state index in [0.717, 1.165) is 19.6 Å². The summed E-state index contributed by atoms with van der Waals surface area (Å²) < 4.78 is 23.5. The summed E-state index contributed by atoms with van der Waals surface area (Å²) in [6.45, 7) is 12.4. The topological polar surface area (TPSA) is 73.8 Å². The van der Waals surface area contributed by atoms with Gasteiger partial charge in [-0.25, -0.2) is 8.42 Å². The Kier molecular flexibility index (Phi) is 8.33. The summed E-state index contributed by atoms with van der Waals surface area (Å²) in [6.07, 6.45) is 3.91. The highest BCUT2D eigenvalue weighted by Crippen LogP contribution is 2.15. The van der Waals surface area contributed by atoms with Gasteiger partial charge in [-0.2, -0.15) is 0 Å². The Balaban J connectivity index is 2.40. The first-order valence-electron chi connectivity index (χ1n) is 8.73. The van der Waals surface area contributed by atoms with Gasteiger partial charge in [-0.05, 0) is 53.6 Å². The molecule has 1 saturated heterocycles. The van der Waals surface area contributed by atoms with E-state index in [4.69, 9.17) is 0 Å². The lowest BCUT2D eigenvalue weighted by Gasteiger charge is -2.25. The van der Waals surface area contributed by atoms with Crippen LogP contribution in [0.4, 0.5) is 0 Å². The van der Waals surface area contributed by atoms with Crippen LogP contribution in [0.1, 0.15) is 47.0 Å². The molecule has 0 aromatic carbocycles. The molecule has 0 aliphatic carbocycles. The zero-order chi connectivity index (χ0) is 17.3. The predicted molar refractivity (Wildman–Crippen MR) is 97.8 cm³/mol. The molecule has 6 nitrogen and oxygen atoms in total. The molecule has 1 heterocycles. The highest BCUT2D eigenvalue weighted by molar-refractivity contribution is 7.92. The number of hydrogen-bond donors (Lipinski definition) is 2. The van der Waals surface area contributed by atoms with Crippen LogP contribution in [0.2, 0.25) is 0 Å². The minimum absolute atomic E-state index is 0.118. The summed E-state index contributed by atoms with van der Waals surface area (Å²) in [6, 6.07) is 0. The first kappa shape index (κ1) is 20.2. The normalized spacial score (nSPS) is 18.0. The Bertz CT molecular complexity index is 463. The van der Waals surface area contributed by atoms with Crippen molar-refractivity contribution in [3.63, 3.8) is 0 Å². The van der Waals surface area contributed by atoms with Crippen molar-refractivity contribution in [2.24, 2.45) is 4.99 Å². The summed E-state index contributed by atoms with van der Waals surface area (Å²) >= 11 is 0. The fraction of sp³-hybridized carbons (Fsp3) is 0.938. The summed E-state index contributed by atoms with van der Waals surface area (Å²) in [5, 5.41) is 6.30. The Hall–Kier alpha value is -0.820. The first-order valence-corrected chi connectivity index (χ1v) is 10.4. The molecule has 0 spiro atoms. The summed E-state index contributed by atoms with van der Waals surface area (Å²) in [4.78, 5) is 6.99. The number of aliphatic imine (C=N–C) groups is 1. The lowest BCUT2D eigenvalue weighted by molar-refractivity contribution is 0.235. The van der Waals surface area contributed by atoms with Crippen LogP contribution in [0.5, 0.6) is 0 Å². The molecule has 1 aliphatic rings. The van der Waals surface area contributed by atoms with Gasteiger partial charge >= 0.3 is 0 Å². The van der Waals surface area contributed by atoms with Crippen molar-refractivity contribution in [1.82, 2.24) is 15.5 Å². The van der Waals surface area contributed by atoms with E-state index < -0.39 is 14.6 Å². The number of hydrogen-bond acceptors (Lipinski definition) is 4. The van der Waals surface area contributed by atoms with E-state index in [1.165, 1.54) is 32.4 Å². The maximum absolute atomic E-state index is 12.1. The molecule has 23 heavy (non-hydrogen) atoms. The fourth-order valence-electron chi connectivity index (χ4n) is 2.44. The minimum atomic E-state index is -3.10. The van der Waals surface area contributed by atoms with Crippen LogP contribution < -0.4 is 10.6 Å². The average Bonchev–Trinajstić information content (AvgIpc) is 2.47. The Morgan fingerprint density at radius 2 is 1.78 bits per heavy atom. The SMILES string of the molecule is CCNC(=NCCN1CCCCC1)NCCS(=O)(=O)C(C)(C)C. The fourth-order valence-corrected chi connectivity index (χ4v) is 3.42. The molecule has 1 fully saturated rings. The van der Waals surface area contributed by atoms with Gasteiger partial charge in [-0.3, -0.25) is 4.99 Å². The van der Waals surface area contributed by atoms with Crippen LogP contribution in [0.25, 0.3) is 0 Å². The first-order chi connectivity index (χ1) is 10.8. The lowest BCUT2D eigenvalue weighted by Crippen LogP contribution is -2.42. The number of sulfone groups is 1. The van der Waals surface area contributed by atoms with Crippen molar-refractivity contribution in [2.75, 3.05) is 45.0 Å². The smallest absolute Gasteiger partial charge is 0.191 e. The van der Waals surface area contributed by atoms with Gasteiger partial charge in [0.15, 0.2) is 15.8 Å². The second kappa shape index (κ2) is 9.47. The van der Waals surface area contributed by atoms with E-state index in [1.54, 1.807) is 20.8 Å². The molecule has 0 aromatic heterocycles. The molecule has 1 rings (SSSR count). The third-order valence-electron chi connectivity index (χ3n) is 4.08. The van der Waals surface area contributed by atoms with Crippen LogP contribution in [0.15, 0.2) is 4.99 Å². The second-order valence-corrected chi connectivity index (χ2v) is 9.88. The lowest BCUT2D eigenvalue weighted by atomic mass is 10.1. The standard InChI is InChI=1S/C16H34N4O2S/c1-5-17-15(18-9-13-20-11-7-6-8-12-20)19-10-14-23(21,22)16(2,3)4/h5-14H2,1-4H3,(H2,17,18,19). The van der Waals surface area contributed by atoms with E-state index in [1.807, 2.05) is 6.92 Å². The largest absolute Gasteiger partial charge is 0.357 e. The molecule has 0 aromatic rings. The quantitative estimate of drug-likeness (QED) is 0.536. The van der Waals surface area contributed by atoms with Crippen molar-refractivity contribution in [3.8, 4) is 0 Å². The number of rotatable bonds is 7. The molecule has 7 heteroatoms. The Labute approximate surface area is 142 Å². The van der Waals surface area contributed by atoms with Crippen LogP contribution in [0.3, 0.4) is 0 Å². The molecule has 136 valence electrons. The molecule has 2 N–H and O–H groups in total. The number of nitrogens with zero attached hydrogens (tertiary/aromatic N) is 2. The molecule has 0 unspecified atom stereocenters. The van der Waals surface area contributed by atoms with Crippen LogP contribution >= 0.6 is 0 Å². The van der Waals surface area contributed by atoms with Gasteiger partial charge in [0.2, 0.25) is 0 Å². The highest BCUT2D eigenvalue weighted by Gasteiger charge is 2.28. The van der Waals surface area contributed by atoms with Gasteiger partial charge in [-0.15, -0.1) is 0 Å². The molecule has 1 aliphatic heterocycles. The zero-order valence-corrected chi connectivity index (χ0v) is 16.0. The monoisotopic (exact) mass is 346 g/mol. The van der Waals surface area contributed by atoms with E-state index in [0.29, 0.717) is 12.5 Å². The third kappa shape index (κ3) is 7.52. The van der Waals surface area contributed by atoms with Crippen molar-refractivity contribution in [1.29, 1.82) is 0 Å². The van der Waals surface area contributed by atoms with Gasteiger partial charge in [0, 0.05) is 19.6 Å².